The Morgan fingerprint density at radius 1 is 1.09 bits per heavy atom. The van der Waals surface area contributed by atoms with Crippen LogP contribution in [0.3, 0.4) is 0 Å². The molecule has 3 fully saturated rings. The van der Waals surface area contributed by atoms with Crippen molar-refractivity contribution in [1.29, 1.82) is 0 Å². The Morgan fingerprint density at radius 2 is 1.87 bits per heavy atom. The first-order valence-corrected chi connectivity index (χ1v) is 9.77. The molecule has 2 amide bonds. The molecular formula is C19H32N2O2. The first-order chi connectivity index (χ1) is 11.2. The van der Waals surface area contributed by atoms with Gasteiger partial charge in [0.05, 0.1) is 5.92 Å². The van der Waals surface area contributed by atoms with Gasteiger partial charge >= 0.3 is 0 Å². The lowest BCUT2D eigenvalue weighted by atomic mass is 9.96. The molecule has 130 valence electrons. The molecule has 0 aromatic heterocycles. The van der Waals surface area contributed by atoms with Crippen LogP contribution in [0.1, 0.15) is 71.1 Å². The van der Waals surface area contributed by atoms with Gasteiger partial charge in [-0.3, -0.25) is 9.59 Å². The van der Waals surface area contributed by atoms with E-state index in [2.05, 4.69) is 11.8 Å². The maximum absolute atomic E-state index is 12.9. The maximum Gasteiger partial charge on any atom is 0.227 e. The lowest BCUT2D eigenvalue weighted by molar-refractivity contribution is -0.135. The van der Waals surface area contributed by atoms with Crippen molar-refractivity contribution >= 4 is 11.8 Å². The third-order valence-electron chi connectivity index (χ3n) is 6.13. The number of amides is 2. The van der Waals surface area contributed by atoms with E-state index in [-0.39, 0.29) is 17.7 Å². The Hall–Kier alpha value is -1.06. The van der Waals surface area contributed by atoms with Crippen LogP contribution in [0.15, 0.2) is 0 Å². The van der Waals surface area contributed by atoms with Crippen LogP contribution in [-0.4, -0.2) is 47.3 Å². The molecule has 2 atom stereocenters. The largest absolute Gasteiger partial charge is 0.342 e. The number of hydrogen-bond donors (Lipinski definition) is 0. The van der Waals surface area contributed by atoms with Gasteiger partial charge in [0.1, 0.15) is 0 Å². The number of hydrogen-bond acceptors (Lipinski definition) is 2. The van der Waals surface area contributed by atoms with Gasteiger partial charge in [-0.2, -0.15) is 0 Å². The summed E-state index contributed by atoms with van der Waals surface area (Å²) in [6.07, 6.45) is 11.3. The van der Waals surface area contributed by atoms with Gasteiger partial charge in [-0.15, -0.1) is 0 Å². The van der Waals surface area contributed by atoms with Crippen LogP contribution in [0.5, 0.6) is 0 Å². The predicted octanol–water partition coefficient (Wildman–Crippen LogP) is 3.21. The van der Waals surface area contributed by atoms with Crippen LogP contribution in [0.4, 0.5) is 0 Å². The van der Waals surface area contributed by atoms with Crippen molar-refractivity contribution in [3.63, 3.8) is 0 Å². The highest BCUT2D eigenvalue weighted by Crippen LogP contribution is 2.31. The summed E-state index contributed by atoms with van der Waals surface area (Å²) < 4.78 is 0. The monoisotopic (exact) mass is 320 g/mol. The molecule has 4 heteroatoms. The quantitative estimate of drug-likeness (QED) is 0.798. The third-order valence-corrected chi connectivity index (χ3v) is 6.13. The minimum absolute atomic E-state index is 0.0779. The number of rotatable bonds is 4. The van der Waals surface area contributed by atoms with Gasteiger partial charge in [-0.25, -0.2) is 0 Å². The first kappa shape index (κ1) is 16.8. The van der Waals surface area contributed by atoms with E-state index in [0.29, 0.717) is 19.0 Å². The van der Waals surface area contributed by atoms with Crippen LogP contribution in [0.25, 0.3) is 0 Å². The Bertz CT molecular complexity index is 431. The highest BCUT2D eigenvalue weighted by atomic mass is 16.2. The molecule has 0 bridgehead atoms. The van der Waals surface area contributed by atoms with Crippen LogP contribution >= 0.6 is 0 Å². The normalized spacial score (nSPS) is 30.0. The summed E-state index contributed by atoms with van der Waals surface area (Å²) in [5.74, 6) is 1.17. The molecule has 1 saturated carbocycles. The molecule has 0 aromatic rings. The fraction of sp³-hybridized carbons (Fsp3) is 0.895. The second-order valence-corrected chi connectivity index (χ2v) is 7.80. The number of carbonyl (C=O) groups excluding carboxylic acids is 2. The van der Waals surface area contributed by atoms with Crippen molar-refractivity contribution in [2.75, 3.05) is 19.6 Å². The fourth-order valence-corrected chi connectivity index (χ4v) is 4.81. The minimum Gasteiger partial charge on any atom is -0.342 e. The predicted molar refractivity (Wildman–Crippen MR) is 90.9 cm³/mol. The van der Waals surface area contributed by atoms with Gasteiger partial charge in [0.2, 0.25) is 11.8 Å². The zero-order valence-electron chi connectivity index (χ0n) is 14.6. The molecule has 0 radical (unpaired) electrons. The molecule has 3 aliphatic rings. The van der Waals surface area contributed by atoms with E-state index >= 15 is 0 Å². The summed E-state index contributed by atoms with van der Waals surface area (Å²) in [5.41, 5.74) is 0. The molecular weight excluding hydrogens is 288 g/mol. The van der Waals surface area contributed by atoms with Gasteiger partial charge < -0.3 is 9.80 Å². The Balaban J connectivity index is 1.54. The van der Waals surface area contributed by atoms with E-state index < -0.39 is 0 Å². The summed E-state index contributed by atoms with van der Waals surface area (Å²) in [4.78, 5) is 29.3. The van der Waals surface area contributed by atoms with Gasteiger partial charge in [-0.05, 0) is 38.0 Å². The summed E-state index contributed by atoms with van der Waals surface area (Å²) in [6.45, 7) is 4.72. The smallest absolute Gasteiger partial charge is 0.227 e. The molecule has 0 N–H and O–H groups in total. The van der Waals surface area contributed by atoms with Gasteiger partial charge in [-0.1, -0.05) is 32.6 Å². The lowest BCUT2D eigenvalue weighted by Crippen LogP contribution is -2.39. The van der Waals surface area contributed by atoms with E-state index in [4.69, 9.17) is 0 Å². The molecule has 0 unspecified atom stereocenters. The lowest BCUT2D eigenvalue weighted by Gasteiger charge is -2.26. The molecule has 4 nitrogen and oxygen atoms in total. The SMILES string of the molecule is CCC[C@H]1CCCN(C(=O)[C@H]2CC(=O)N(C3CCCC3)C2)CC1. The number of likely N-dealkylation sites (tertiary alicyclic amines) is 2. The van der Waals surface area contributed by atoms with Crippen molar-refractivity contribution in [3.8, 4) is 0 Å². The summed E-state index contributed by atoms with van der Waals surface area (Å²) >= 11 is 0. The average molecular weight is 320 g/mol. The molecule has 23 heavy (non-hydrogen) atoms. The molecule has 1 aliphatic carbocycles. The van der Waals surface area contributed by atoms with Crippen molar-refractivity contribution in [2.24, 2.45) is 11.8 Å². The molecule has 3 rings (SSSR count). The Labute approximate surface area is 140 Å². The van der Waals surface area contributed by atoms with Crippen LogP contribution in [0.2, 0.25) is 0 Å². The van der Waals surface area contributed by atoms with Crippen molar-refractivity contribution in [1.82, 2.24) is 9.80 Å². The number of carbonyl (C=O) groups is 2. The maximum atomic E-state index is 12.9. The Kier molecular flexibility index (Phi) is 5.60. The van der Waals surface area contributed by atoms with Crippen LogP contribution in [0, 0.1) is 11.8 Å². The van der Waals surface area contributed by atoms with E-state index in [1.165, 1.54) is 32.1 Å². The molecule has 2 heterocycles. The average Bonchev–Trinajstić information content (AvgIpc) is 3.13. The first-order valence-electron chi connectivity index (χ1n) is 9.77. The van der Waals surface area contributed by atoms with Crippen molar-refractivity contribution in [2.45, 2.75) is 77.2 Å². The summed E-state index contributed by atoms with van der Waals surface area (Å²) in [7, 11) is 0. The summed E-state index contributed by atoms with van der Waals surface area (Å²) in [5, 5.41) is 0. The Morgan fingerprint density at radius 3 is 2.61 bits per heavy atom. The molecule has 2 saturated heterocycles. The molecule has 0 aromatic carbocycles. The van der Waals surface area contributed by atoms with Gasteiger partial charge in [0.25, 0.3) is 0 Å². The van der Waals surface area contributed by atoms with E-state index in [9.17, 15) is 9.59 Å². The second-order valence-electron chi connectivity index (χ2n) is 7.80. The standard InChI is InChI=1S/C19H32N2O2/c1-2-6-15-7-5-11-20(12-10-15)19(23)16-13-18(22)21(14-16)17-8-3-4-9-17/h15-17H,2-14H2,1H3/t15-,16-/m0/s1. The zero-order valence-corrected chi connectivity index (χ0v) is 14.6. The third kappa shape index (κ3) is 3.89. The molecule has 0 spiro atoms. The summed E-state index contributed by atoms with van der Waals surface area (Å²) in [6, 6.07) is 0.415. The van der Waals surface area contributed by atoms with Crippen molar-refractivity contribution < 1.29 is 9.59 Å². The second kappa shape index (κ2) is 7.67. The highest BCUT2D eigenvalue weighted by molar-refractivity contribution is 5.89. The zero-order chi connectivity index (χ0) is 16.2. The minimum atomic E-state index is -0.0779. The topological polar surface area (TPSA) is 40.6 Å². The fourth-order valence-electron chi connectivity index (χ4n) is 4.81. The van der Waals surface area contributed by atoms with E-state index in [1.807, 2.05) is 4.90 Å². The van der Waals surface area contributed by atoms with Crippen molar-refractivity contribution in [3.05, 3.63) is 0 Å². The van der Waals surface area contributed by atoms with Gasteiger partial charge in [0.15, 0.2) is 0 Å². The van der Waals surface area contributed by atoms with E-state index in [1.54, 1.807) is 0 Å². The van der Waals surface area contributed by atoms with E-state index in [0.717, 1.165) is 44.7 Å². The number of nitrogens with zero attached hydrogens (tertiary/aromatic N) is 2. The van der Waals surface area contributed by atoms with Crippen LogP contribution in [-0.2, 0) is 9.59 Å². The highest BCUT2D eigenvalue weighted by Gasteiger charge is 2.40. The molecule has 2 aliphatic heterocycles. The van der Waals surface area contributed by atoms with Gasteiger partial charge in [0, 0.05) is 32.1 Å². The van der Waals surface area contributed by atoms with Crippen LogP contribution < -0.4 is 0 Å².